The fourth-order valence-electron chi connectivity index (χ4n) is 1.92. The molecule has 0 bridgehead atoms. The first-order valence-corrected chi connectivity index (χ1v) is 6.88. The Bertz CT molecular complexity index is 691. The van der Waals surface area contributed by atoms with E-state index in [0.29, 0.717) is 10.9 Å². The molecule has 2 aromatic rings. The summed E-state index contributed by atoms with van der Waals surface area (Å²) in [5, 5.41) is 0.547. The summed E-state index contributed by atoms with van der Waals surface area (Å²) >= 11 is 3.40. The lowest BCUT2D eigenvalue weighted by Crippen LogP contribution is -2.13. The van der Waals surface area contributed by atoms with Gasteiger partial charge < -0.3 is 9.72 Å². The molecule has 0 aliphatic carbocycles. The number of aromatic nitrogens is 1. The highest BCUT2D eigenvalue weighted by molar-refractivity contribution is 9.10. The number of pyridine rings is 1. The molecule has 0 saturated carbocycles. The molecule has 19 heavy (non-hydrogen) atoms. The Hall–Kier alpha value is -1.62. The maximum absolute atomic E-state index is 12.1. The molecule has 100 valence electrons. The van der Waals surface area contributed by atoms with Crippen molar-refractivity contribution in [1.29, 1.82) is 0 Å². The van der Waals surface area contributed by atoms with Crippen LogP contribution in [0.4, 0.5) is 0 Å². The molecule has 1 heterocycles. The van der Waals surface area contributed by atoms with Crippen LogP contribution in [0.15, 0.2) is 27.5 Å². The van der Waals surface area contributed by atoms with E-state index in [1.807, 2.05) is 19.1 Å². The number of aryl methyl sites for hydroxylation is 1. The quantitative estimate of drug-likeness (QED) is 0.883. The van der Waals surface area contributed by atoms with Crippen molar-refractivity contribution in [3.63, 3.8) is 0 Å². The van der Waals surface area contributed by atoms with Crippen LogP contribution in [0.2, 0.25) is 0 Å². The Kier molecular flexibility index (Phi) is 4.04. The number of hydrogen-bond acceptors (Lipinski definition) is 3. The van der Waals surface area contributed by atoms with Crippen LogP contribution in [-0.2, 0) is 11.2 Å². The summed E-state index contributed by atoms with van der Waals surface area (Å²) in [5.74, 6) is -0.514. The highest BCUT2D eigenvalue weighted by atomic mass is 79.9. The van der Waals surface area contributed by atoms with Gasteiger partial charge in [0, 0.05) is 10.5 Å². The number of esters is 1. The van der Waals surface area contributed by atoms with Gasteiger partial charge in [-0.1, -0.05) is 6.92 Å². The van der Waals surface area contributed by atoms with Crippen molar-refractivity contribution in [1.82, 2.24) is 4.98 Å². The molecule has 0 amide bonds. The zero-order chi connectivity index (χ0) is 14.0. The zero-order valence-electron chi connectivity index (χ0n) is 10.7. The van der Waals surface area contributed by atoms with Gasteiger partial charge in [-0.3, -0.25) is 4.79 Å². The lowest BCUT2D eigenvalue weighted by Gasteiger charge is -2.07. The minimum Gasteiger partial charge on any atom is -0.461 e. The van der Waals surface area contributed by atoms with Crippen molar-refractivity contribution in [2.45, 2.75) is 20.3 Å². The second-order valence-electron chi connectivity index (χ2n) is 4.12. The van der Waals surface area contributed by atoms with Gasteiger partial charge in [0.05, 0.1) is 17.5 Å². The van der Waals surface area contributed by atoms with Crippen LogP contribution in [0, 0.1) is 0 Å². The summed E-state index contributed by atoms with van der Waals surface area (Å²) in [6.45, 7) is 4.03. The number of rotatable bonds is 3. The van der Waals surface area contributed by atoms with E-state index in [4.69, 9.17) is 4.74 Å². The molecule has 5 heteroatoms. The maximum Gasteiger partial charge on any atom is 0.354 e. The molecule has 0 fully saturated rings. The Morgan fingerprint density at radius 2 is 2.05 bits per heavy atom. The summed E-state index contributed by atoms with van der Waals surface area (Å²) in [7, 11) is 0. The average Bonchev–Trinajstić information content (AvgIpc) is 2.37. The van der Waals surface area contributed by atoms with E-state index in [1.165, 1.54) is 6.07 Å². The third-order valence-corrected chi connectivity index (χ3v) is 3.47. The number of benzene rings is 1. The summed E-state index contributed by atoms with van der Waals surface area (Å²) in [4.78, 5) is 26.7. The van der Waals surface area contributed by atoms with Gasteiger partial charge in [0.2, 0.25) is 0 Å². The van der Waals surface area contributed by atoms with Crippen molar-refractivity contribution >= 4 is 32.8 Å². The maximum atomic E-state index is 12.1. The Labute approximate surface area is 118 Å². The van der Waals surface area contributed by atoms with Gasteiger partial charge in [0.1, 0.15) is 5.69 Å². The van der Waals surface area contributed by atoms with Crippen LogP contribution in [-0.4, -0.2) is 17.6 Å². The van der Waals surface area contributed by atoms with Crippen LogP contribution in [0.1, 0.15) is 29.9 Å². The smallest absolute Gasteiger partial charge is 0.354 e. The third-order valence-electron chi connectivity index (χ3n) is 2.84. The van der Waals surface area contributed by atoms with E-state index in [-0.39, 0.29) is 17.7 Å². The van der Waals surface area contributed by atoms with E-state index in [2.05, 4.69) is 20.9 Å². The van der Waals surface area contributed by atoms with Crippen molar-refractivity contribution in [3.8, 4) is 0 Å². The van der Waals surface area contributed by atoms with Crippen molar-refractivity contribution in [2.75, 3.05) is 6.61 Å². The second kappa shape index (κ2) is 5.57. The summed E-state index contributed by atoms with van der Waals surface area (Å²) < 4.78 is 5.63. The molecule has 4 nitrogen and oxygen atoms in total. The molecular formula is C14H14BrNO3. The van der Waals surface area contributed by atoms with E-state index in [0.717, 1.165) is 16.5 Å². The molecule has 1 aromatic carbocycles. The van der Waals surface area contributed by atoms with E-state index >= 15 is 0 Å². The lowest BCUT2D eigenvalue weighted by atomic mass is 10.1. The third kappa shape index (κ3) is 2.71. The first-order valence-electron chi connectivity index (χ1n) is 6.09. The number of fused-ring (bicyclic) bond motifs is 1. The monoisotopic (exact) mass is 323 g/mol. The zero-order valence-corrected chi connectivity index (χ0v) is 12.3. The van der Waals surface area contributed by atoms with Gasteiger partial charge in [0.25, 0.3) is 0 Å². The largest absolute Gasteiger partial charge is 0.461 e. The molecule has 0 spiro atoms. The number of nitrogens with one attached hydrogen (secondary N) is 1. The summed E-state index contributed by atoms with van der Waals surface area (Å²) in [5.41, 5.74) is 1.70. The molecule has 1 aromatic heterocycles. The molecule has 0 atom stereocenters. The van der Waals surface area contributed by atoms with Gasteiger partial charge in [-0.05, 0) is 47.0 Å². The van der Waals surface area contributed by atoms with Crippen LogP contribution in [0.25, 0.3) is 10.9 Å². The number of ether oxygens (including phenoxy) is 1. The predicted molar refractivity (Wildman–Crippen MR) is 77.6 cm³/mol. The molecule has 0 radical (unpaired) electrons. The normalized spacial score (nSPS) is 10.7. The van der Waals surface area contributed by atoms with Gasteiger partial charge >= 0.3 is 5.97 Å². The number of carbonyl (C=O) groups excluding carboxylic acids is 1. The minimum absolute atomic E-state index is 0.180. The number of hydrogen-bond donors (Lipinski definition) is 1. The minimum atomic E-state index is -0.514. The Morgan fingerprint density at radius 3 is 2.68 bits per heavy atom. The first-order chi connectivity index (χ1) is 9.06. The van der Waals surface area contributed by atoms with Crippen molar-refractivity contribution in [2.24, 2.45) is 0 Å². The van der Waals surface area contributed by atoms with Crippen LogP contribution in [0.3, 0.4) is 0 Å². The number of aromatic amines is 1. The topological polar surface area (TPSA) is 59.2 Å². The van der Waals surface area contributed by atoms with Crippen molar-refractivity contribution in [3.05, 3.63) is 44.2 Å². The second-order valence-corrected chi connectivity index (χ2v) is 4.98. The van der Waals surface area contributed by atoms with Crippen LogP contribution >= 0.6 is 15.9 Å². The first kappa shape index (κ1) is 13.8. The van der Waals surface area contributed by atoms with Crippen molar-refractivity contribution < 1.29 is 9.53 Å². The van der Waals surface area contributed by atoms with E-state index < -0.39 is 5.97 Å². The molecule has 1 N–H and O–H groups in total. The summed E-state index contributed by atoms with van der Waals surface area (Å²) in [6.07, 6.45) is 0.847. The fraction of sp³-hybridized carbons (Fsp3) is 0.286. The molecule has 0 aliphatic heterocycles. The molecule has 0 aliphatic rings. The fourth-order valence-corrected chi connectivity index (χ4v) is 2.62. The predicted octanol–water partition coefficient (Wildman–Crippen LogP) is 3.03. The van der Waals surface area contributed by atoms with Gasteiger partial charge in [-0.25, -0.2) is 4.79 Å². The average molecular weight is 324 g/mol. The summed E-state index contributed by atoms with van der Waals surface area (Å²) in [6, 6.07) is 5.07. The molecule has 0 unspecified atom stereocenters. The number of H-pyrrole nitrogens is 1. The molecule has 0 saturated heterocycles. The van der Waals surface area contributed by atoms with Crippen LogP contribution < -0.4 is 5.43 Å². The van der Waals surface area contributed by atoms with Gasteiger partial charge in [-0.15, -0.1) is 0 Å². The Morgan fingerprint density at radius 1 is 1.32 bits per heavy atom. The highest BCUT2D eigenvalue weighted by Gasteiger charge is 2.12. The van der Waals surface area contributed by atoms with E-state index in [9.17, 15) is 9.59 Å². The highest BCUT2D eigenvalue weighted by Crippen LogP contribution is 2.22. The van der Waals surface area contributed by atoms with Gasteiger partial charge in [0.15, 0.2) is 5.43 Å². The number of halogens is 1. The standard InChI is InChI=1S/C14H14BrNO3/c1-3-8-5-9(15)13-10(6-8)16-11(7-12(13)17)14(18)19-4-2/h5-7H,3-4H2,1-2H3,(H,16,17). The lowest BCUT2D eigenvalue weighted by molar-refractivity contribution is 0.0520. The molecule has 2 rings (SSSR count). The molecular weight excluding hydrogens is 310 g/mol. The van der Waals surface area contributed by atoms with Gasteiger partial charge in [-0.2, -0.15) is 0 Å². The van der Waals surface area contributed by atoms with Crippen LogP contribution in [0.5, 0.6) is 0 Å². The SMILES string of the molecule is CCOC(=O)c1cc(=O)c2c(Br)cc(CC)cc2[nH]1. The van der Waals surface area contributed by atoms with E-state index in [1.54, 1.807) is 6.92 Å². The Balaban J connectivity index is 2.68. The number of carbonyl (C=O) groups is 1.